The molecule has 3 heterocycles. The fourth-order valence-corrected chi connectivity index (χ4v) is 2.50. The molecule has 1 N–H and O–H groups in total. The van der Waals surface area contributed by atoms with Crippen molar-refractivity contribution in [3.05, 3.63) is 46.3 Å². The minimum atomic E-state index is -4.64. The lowest BCUT2D eigenvalue weighted by molar-refractivity contribution is -0.141. The molecule has 11 heteroatoms. The monoisotopic (exact) mass is 370 g/mol. The maximum atomic E-state index is 13.0. The highest BCUT2D eigenvalue weighted by Crippen LogP contribution is 2.31. The summed E-state index contributed by atoms with van der Waals surface area (Å²) in [4.78, 5) is 7.91. The number of aromatic nitrogens is 4. The standard InChI is InChI=1S/C14H10F4N6S/c1-24-7-8(5-20-24)10-4-11(14(16,17)18)22-13(21-10)23-19-6-9-2-3-12(15)25-9/h2-7H,1H3,(H,21,22,23)/b19-6+. The average Bonchev–Trinajstić information content (AvgIpc) is 3.15. The second-order valence-corrected chi connectivity index (χ2v) is 5.94. The Morgan fingerprint density at radius 2 is 2.08 bits per heavy atom. The first-order chi connectivity index (χ1) is 11.8. The minimum Gasteiger partial charge on any atom is -0.275 e. The normalized spacial score (nSPS) is 12.0. The molecule has 3 aromatic heterocycles. The molecule has 0 fully saturated rings. The topological polar surface area (TPSA) is 68.0 Å². The third kappa shape index (κ3) is 4.18. The highest BCUT2D eigenvalue weighted by molar-refractivity contribution is 7.12. The quantitative estimate of drug-likeness (QED) is 0.433. The van der Waals surface area contributed by atoms with Crippen LogP contribution in [0.25, 0.3) is 11.3 Å². The van der Waals surface area contributed by atoms with Crippen molar-refractivity contribution in [1.82, 2.24) is 19.7 Å². The Kier molecular flexibility index (Phi) is 4.49. The van der Waals surface area contributed by atoms with Gasteiger partial charge in [-0.3, -0.25) is 4.68 Å². The van der Waals surface area contributed by atoms with Crippen LogP contribution in [-0.2, 0) is 13.2 Å². The number of thiophene rings is 1. The first-order valence-electron chi connectivity index (χ1n) is 6.81. The van der Waals surface area contributed by atoms with Crippen molar-refractivity contribution in [2.45, 2.75) is 6.18 Å². The summed E-state index contributed by atoms with van der Waals surface area (Å²) in [5, 5.41) is 7.26. The van der Waals surface area contributed by atoms with Crippen molar-refractivity contribution in [3.8, 4) is 11.3 Å². The fourth-order valence-electron chi connectivity index (χ4n) is 1.90. The van der Waals surface area contributed by atoms with Crippen LogP contribution >= 0.6 is 11.3 Å². The van der Waals surface area contributed by atoms with E-state index in [0.717, 1.165) is 17.4 Å². The molecule has 0 aromatic carbocycles. The Hall–Kier alpha value is -2.82. The number of aryl methyl sites for hydroxylation is 1. The second-order valence-electron chi connectivity index (χ2n) is 4.87. The molecule has 0 unspecified atom stereocenters. The average molecular weight is 370 g/mol. The summed E-state index contributed by atoms with van der Waals surface area (Å²) in [6.45, 7) is 0. The molecule has 0 spiro atoms. The zero-order valence-corrected chi connectivity index (χ0v) is 13.4. The van der Waals surface area contributed by atoms with Crippen molar-refractivity contribution >= 4 is 23.5 Å². The Bertz CT molecular complexity index is 914. The van der Waals surface area contributed by atoms with Gasteiger partial charge < -0.3 is 0 Å². The van der Waals surface area contributed by atoms with Gasteiger partial charge in [-0.2, -0.15) is 27.8 Å². The van der Waals surface area contributed by atoms with E-state index in [2.05, 4.69) is 25.6 Å². The molecule has 6 nitrogen and oxygen atoms in total. The molecule has 0 atom stereocenters. The van der Waals surface area contributed by atoms with Gasteiger partial charge in [-0.1, -0.05) is 0 Å². The van der Waals surface area contributed by atoms with Crippen molar-refractivity contribution in [1.29, 1.82) is 0 Å². The summed E-state index contributed by atoms with van der Waals surface area (Å²) < 4.78 is 53.5. The predicted octanol–water partition coefficient (Wildman–Crippen LogP) is 3.54. The van der Waals surface area contributed by atoms with E-state index in [0.29, 0.717) is 10.4 Å². The highest BCUT2D eigenvalue weighted by Gasteiger charge is 2.34. The highest BCUT2D eigenvalue weighted by atomic mass is 32.1. The Labute approximate surface area is 142 Å². The maximum absolute atomic E-state index is 13.0. The number of rotatable bonds is 4. The maximum Gasteiger partial charge on any atom is 0.433 e. The third-order valence-electron chi connectivity index (χ3n) is 2.97. The van der Waals surface area contributed by atoms with E-state index in [4.69, 9.17) is 0 Å². The molecule has 3 aromatic rings. The fraction of sp³-hybridized carbons (Fsp3) is 0.143. The third-order valence-corrected chi connectivity index (χ3v) is 3.78. The Morgan fingerprint density at radius 3 is 2.68 bits per heavy atom. The van der Waals surface area contributed by atoms with Crippen LogP contribution in [0.4, 0.5) is 23.5 Å². The van der Waals surface area contributed by atoms with Gasteiger partial charge in [0.1, 0.15) is 0 Å². The molecule has 0 radical (unpaired) electrons. The van der Waals surface area contributed by atoms with Gasteiger partial charge in [-0.05, 0) is 18.2 Å². The molecule has 0 aliphatic heterocycles. The van der Waals surface area contributed by atoms with Gasteiger partial charge in [0.25, 0.3) is 0 Å². The summed E-state index contributed by atoms with van der Waals surface area (Å²) in [7, 11) is 1.64. The van der Waals surface area contributed by atoms with Gasteiger partial charge >= 0.3 is 6.18 Å². The van der Waals surface area contributed by atoms with E-state index < -0.39 is 17.0 Å². The van der Waals surface area contributed by atoms with Gasteiger partial charge in [0.15, 0.2) is 10.8 Å². The molecule has 0 saturated carbocycles. The SMILES string of the molecule is Cn1cc(-c2cc(C(F)(F)F)nc(N/N=C/c3ccc(F)s3)n2)cn1. The van der Waals surface area contributed by atoms with Gasteiger partial charge in [0.05, 0.1) is 23.0 Å². The van der Waals surface area contributed by atoms with Gasteiger partial charge in [-0.15, -0.1) is 11.3 Å². The number of hydrogen-bond donors (Lipinski definition) is 1. The summed E-state index contributed by atoms with van der Waals surface area (Å²) in [6.07, 6.45) is -0.452. The molecule has 0 amide bonds. The van der Waals surface area contributed by atoms with E-state index in [9.17, 15) is 17.6 Å². The van der Waals surface area contributed by atoms with Crippen LogP contribution < -0.4 is 5.43 Å². The number of alkyl halides is 3. The molecule has 0 bridgehead atoms. The zero-order chi connectivity index (χ0) is 18.0. The van der Waals surface area contributed by atoms with Gasteiger partial charge in [0, 0.05) is 18.8 Å². The zero-order valence-electron chi connectivity index (χ0n) is 12.6. The largest absolute Gasteiger partial charge is 0.433 e. The van der Waals surface area contributed by atoms with Crippen LogP contribution in [0.1, 0.15) is 10.6 Å². The number of hydrazone groups is 1. The van der Waals surface area contributed by atoms with E-state index in [1.165, 1.54) is 35.4 Å². The molecule has 3 rings (SSSR count). The molecule has 25 heavy (non-hydrogen) atoms. The van der Waals surface area contributed by atoms with E-state index in [-0.39, 0.29) is 11.6 Å². The van der Waals surface area contributed by atoms with Crippen LogP contribution in [0.2, 0.25) is 0 Å². The molecular formula is C14H10F4N6S. The molecule has 0 aliphatic rings. The minimum absolute atomic E-state index is 0.0512. The number of halogens is 4. The van der Waals surface area contributed by atoms with Crippen LogP contribution in [0, 0.1) is 5.13 Å². The lowest BCUT2D eigenvalue weighted by Gasteiger charge is -2.09. The van der Waals surface area contributed by atoms with Gasteiger partial charge in [-0.25, -0.2) is 15.4 Å². The summed E-state index contributed by atoms with van der Waals surface area (Å²) >= 11 is 0.845. The second kappa shape index (κ2) is 6.59. The number of anilines is 1. The van der Waals surface area contributed by atoms with E-state index >= 15 is 0 Å². The van der Waals surface area contributed by atoms with Crippen LogP contribution in [0.3, 0.4) is 0 Å². The molecule has 0 saturated heterocycles. The summed E-state index contributed by atoms with van der Waals surface area (Å²) in [6, 6.07) is 3.58. The lowest BCUT2D eigenvalue weighted by Crippen LogP contribution is -2.11. The van der Waals surface area contributed by atoms with E-state index in [1.54, 1.807) is 7.05 Å². The van der Waals surface area contributed by atoms with Crippen molar-refractivity contribution < 1.29 is 17.6 Å². The number of hydrogen-bond acceptors (Lipinski definition) is 6. The first-order valence-corrected chi connectivity index (χ1v) is 7.62. The van der Waals surface area contributed by atoms with Crippen LogP contribution in [0.5, 0.6) is 0 Å². The smallest absolute Gasteiger partial charge is 0.275 e. The Balaban J connectivity index is 1.90. The van der Waals surface area contributed by atoms with Crippen molar-refractivity contribution in [3.63, 3.8) is 0 Å². The molecule has 130 valence electrons. The number of nitrogens with one attached hydrogen (secondary N) is 1. The summed E-state index contributed by atoms with van der Waals surface area (Å²) in [5.74, 6) is -0.332. The Morgan fingerprint density at radius 1 is 1.28 bits per heavy atom. The lowest BCUT2D eigenvalue weighted by atomic mass is 10.2. The van der Waals surface area contributed by atoms with Crippen LogP contribution in [0.15, 0.2) is 35.7 Å². The number of nitrogens with zero attached hydrogens (tertiary/aromatic N) is 5. The predicted molar refractivity (Wildman–Crippen MR) is 84.7 cm³/mol. The van der Waals surface area contributed by atoms with Crippen molar-refractivity contribution in [2.75, 3.05) is 5.43 Å². The molecular weight excluding hydrogens is 360 g/mol. The van der Waals surface area contributed by atoms with Crippen LogP contribution in [-0.4, -0.2) is 26.0 Å². The molecule has 0 aliphatic carbocycles. The first kappa shape index (κ1) is 17.0. The summed E-state index contributed by atoms with van der Waals surface area (Å²) in [5.41, 5.74) is 1.68. The van der Waals surface area contributed by atoms with Gasteiger partial charge in [0.2, 0.25) is 5.95 Å². The van der Waals surface area contributed by atoms with Crippen molar-refractivity contribution in [2.24, 2.45) is 12.1 Å². The van der Waals surface area contributed by atoms with E-state index in [1.807, 2.05) is 0 Å².